The summed E-state index contributed by atoms with van der Waals surface area (Å²) in [5, 5.41) is 10.6. The summed E-state index contributed by atoms with van der Waals surface area (Å²) in [6.45, 7) is 3.65. The van der Waals surface area contributed by atoms with Crippen molar-refractivity contribution >= 4 is 11.3 Å². The molecule has 0 aliphatic heterocycles. The number of aromatic nitrogens is 1. The standard InChI is InChI=1S/C14H13F4NOS/c1-7-8(2)21-12(19-7)6-11(20)9-4-3-5-10(13(9)15)14(16,17)18/h3-5,11,20H,6H2,1-2H3. The molecule has 7 heteroatoms. The minimum Gasteiger partial charge on any atom is -0.388 e. The van der Waals surface area contributed by atoms with Crippen molar-refractivity contribution in [3.8, 4) is 0 Å². The fourth-order valence-electron chi connectivity index (χ4n) is 1.93. The Hall–Kier alpha value is -1.47. The van der Waals surface area contributed by atoms with Crippen LogP contribution in [0.5, 0.6) is 0 Å². The van der Waals surface area contributed by atoms with E-state index in [1.807, 2.05) is 6.92 Å². The lowest BCUT2D eigenvalue weighted by atomic mass is 10.0. The quantitative estimate of drug-likeness (QED) is 0.860. The summed E-state index contributed by atoms with van der Waals surface area (Å²) in [6, 6.07) is 2.90. The average molecular weight is 319 g/mol. The van der Waals surface area contributed by atoms with Crippen LogP contribution in [0.4, 0.5) is 17.6 Å². The third-order valence-corrected chi connectivity index (χ3v) is 4.23. The van der Waals surface area contributed by atoms with E-state index in [0.717, 1.165) is 22.7 Å². The molecule has 2 nitrogen and oxygen atoms in total. The molecule has 21 heavy (non-hydrogen) atoms. The molecular formula is C14H13F4NOS. The van der Waals surface area contributed by atoms with Gasteiger partial charge < -0.3 is 5.11 Å². The molecule has 1 N–H and O–H groups in total. The molecular weight excluding hydrogens is 306 g/mol. The molecule has 1 aromatic carbocycles. The Kier molecular flexibility index (Phi) is 4.34. The highest BCUT2D eigenvalue weighted by Crippen LogP contribution is 2.34. The number of nitrogens with zero attached hydrogens (tertiary/aromatic N) is 1. The van der Waals surface area contributed by atoms with Crippen molar-refractivity contribution in [3.05, 3.63) is 50.7 Å². The molecule has 0 aliphatic rings. The third kappa shape index (κ3) is 3.41. The Morgan fingerprint density at radius 3 is 2.48 bits per heavy atom. The van der Waals surface area contributed by atoms with Gasteiger partial charge in [-0.2, -0.15) is 13.2 Å². The predicted molar refractivity (Wildman–Crippen MR) is 71.7 cm³/mol. The van der Waals surface area contributed by atoms with E-state index in [4.69, 9.17) is 0 Å². The Morgan fingerprint density at radius 2 is 1.95 bits per heavy atom. The molecule has 0 radical (unpaired) electrons. The van der Waals surface area contributed by atoms with Gasteiger partial charge in [-0.25, -0.2) is 9.37 Å². The maximum atomic E-state index is 13.9. The van der Waals surface area contributed by atoms with Crippen molar-refractivity contribution in [1.82, 2.24) is 4.98 Å². The molecule has 0 amide bonds. The number of benzene rings is 1. The van der Waals surface area contributed by atoms with Gasteiger partial charge in [0.05, 0.1) is 22.4 Å². The van der Waals surface area contributed by atoms with E-state index in [0.29, 0.717) is 11.1 Å². The smallest absolute Gasteiger partial charge is 0.388 e. The summed E-state index contributed by atoms with van der Waals surface area (Å²) in [5.74, 6) is -1.43. The molecule has 0 aliphatic carbocycles. The highest BCUT2D eigenvalue weighted by molar-refractivity contribution is 7.11. The van der Waals surface area contributed by atoms with Crippen molar-refractivity contribution in [2.24, 2.45) is 0 Å². The van der Waals surface area contributed by atoms with Crippen LogP contribution >= 0.6 is 11.3 Å². The lowest BCUT2D eigenvalue weighted by Gasteiger charge is -2.14. The van der Waals surface area contributed by atoms with Gasteiger partial charge in [0, 0.05) is 16.9 Å². The zero-order chi connectivity index (χ0) is 15.8. The molecule has 1 unspecified atom stereocenters. The van der Waals surface area contributed by atoms with Crippen LogP contribution in [0.3, 0.4) is 0 Å². The first kappa shape index (κ1) is 15.9. The monoisotopic (exact) mass is 319 g/mol. The number of hydrogen-bond donors (Lipinski definition) is 1. The molecule has 0 bridgehead atoms. The van der Waals surface area contributed by atoms with Crippen molar-refractivity contribution < 1.29 is 22.7 Å². The van der Waals surface area contributed by atoms with Crippen LogP contribution < -0.4 is 0 Å². The van der Waals surface area contributed by atoms with Crippen LogP contribution in [-0.4, -0.2) is 10.1 Å². The lowest BCUT2D eigenvalue weighted by molar-refractivity contribution is -0.140. The van der Waals surface area contributed by atoms with Crippen LogP contribution in [0.25, 0.3) is 0 Å². The summed E-state index contributed by atoms with van der Waals surface area (Å²) < 4.78 is 51.8. The number of hydrogen-bond acceptors (Lipinski definition) is 3. The van der Waals surface area contributed by atoms with Gasteiger partial charge >= 0.3 is 6.18 Å². The Morgan fingerprint density at radius 1 is 1.29 bits per heavy atom. The van der Waals surface area contributed by atoms with E-state index >= 15 is 0 Å². The summed E-state index contributed by atoms with van der Waals surface area (Å²) in [7, 11) is 0. The largest absolute Gasteiger partial charge is 0.419 e. The van der Waals surface area contributed by atoms with Gasteiger partial charge in [0.2, 0.25) is 0 Å². The van der Waals surface area contributed by atoms with Crippen LogP contribution in [0.2, 0.25) is 0 Å². The number of rotatable bonds is 3. The molecule has 114 valence electrons. The van der Waals surface area contributed by atoms with Crippen LogP contribution in [-0.2, 0) is 12.6 Å². The minimum atomic E-state index is -4.78. The molecule has 0 spiro atoms. The molecule has 1 atom stereocenters. The summed E-state index contributed by atoms with van der Waals surface area (Å²) in [5.41, 5.74) is -0.937. The molecule has 0 saturated carbocycles. The lowest BCUT2D eigenvalue weighted by Crippen LogP contribution is -2.12. The van der Waals surface area contributed by atoms with Crippen molar-refractivity contribution in [1.29, 1.82) is 0 Å². The van der Waals surface area contributed by atoms with Crippen molar-refractivity contribution in [2.45, 2.75) is 32.5 Å². The Bertz CT molecular complexity index is 631. The molecule has 2 aromatic rings. The van der Waals surface area contributed by atoms with Crippen LogP contribution in [0.1, 0.15) is 32.8 Å². The van der Waals surface area contributed by atoms with Gasteiger partial charge in [0.15, 0.2) is 0 Å². The van der Waals surface area contributed by atoms with E-state index in [9.17, 15) is 22.7 Å². The second kappa shape index (κ2) is 5.73. The first-order chi connectivity index (χ1) is 9.70. The number of aryl methyl sites for hydroxylation is 2. The van der Waals surface area contributed by atoms with Crippen molar-refractivity contribution in [2.75, 3.05) is 0 Å². The average Bonchev–Trinajstić information content (AvgIpc) is 2.66. The normalized spacial score (nSPS) is 13.5. The number of alkyl halides is 3. The number of halogens is 4. The van der Waals surface area contributed by atoms with Gasteiger partial charge in [0.25, 0.3) is 0 Å². The number of aliphatic hydroxyl groups excluding tert-OH is 1. The molecule has 0 saturated heterocycles. The Labute approximate surface area is 123 Å². The van der Waals surface area contributed by atoms with E-state index in [1.165, 1.54) is 11.3 Å². The van der Waals surface area contributed by atoms with Crippen LogP contribution in [0.15, 0.2) is 18.2 Å². The molecule has 0 fully saturated rings. The first-order valence-electron chi connectivity index (χ1n) is 6.16. The fraction of sp³-hybridized carbons (Fsp3) is 0.357. The van der Waals surface area contributed by atoms with Gasteiger partial charge in [-0.1, -0.05) is 12.1 Å². The maximum Gasteiger partial charge on any atom is 0.419 e. The summed E-state index contributed by atoms with van der Waals surface area (Å²) in [6.07, 6.45) is -6.16. The second-order valence-electron chi connectivity index (χ2n) is 4.68. The number of aliphatic hydroxyl groups is 1. The van der Waals surface area contributed by atoms with E-state index in [-0.39, 0.29) is 12.0 Å². The van der Waals surface area contributed by atoms with Crippen LogP contribution in [0, 0.1) is 19.7 Å². The minimum absolute atomic E-state index is 0.0163. The third-order valence-electron chi connectivity index (χ3n) is 3.13. The van der Waals surface area contributed by atoms with Gasteiger partial charge in [-0.3, -0.25) is 0 Å². The fourth-order valence-corrected chi connectivity index (χ4v) is 2.90. The molecule has 1 heterocycles. The van der Waals surface area contributed by atoms with E-state index in [2.05, 4.69) is 4.98 Å². The first-order valence-corrected chi connectivity index (χ1v) is 6.98. The van der Waals surface area contributed by atoms with Gasteiger partial charge in [0.1, 0.15) is 5.82 Å². The maximum absolute atomic E-state index is 13.9. The highest BCUT2D eigenvalue weighted by Gasteiger charge is 2.35. The number of thiazole rings is 1. The highest BCUT2D eigenvalue weighted by atomic mass is 32.1. The van der Waals surface area contributed by atoms with E-state index < -0.39 is 23.7 Å². The zero-order valence-electron chi connectivity index (χ0n) is 11.3. The van der Waals surface area contributed by atoms with Gasteiger partial charge in [-0.15, -0.1) is 11.3 Å². The summed E-state index contributed by atoms with van der Waals surface area (Å²) >= 11 is 1.34. The molecule has 1 aromatic heterocycles. The van der Waals surface area contributed by atoms with E-state index in [1.54, 1.807) is 6.92 Å². The SMILES string of the molecule is Cc1nc(CC(O)c2cccc(C(F)(F)F)c2F)sc1C. The van der Waals surface area contributed by atoms with Gasteiger partial charge in [-0.05, 0) is 19.9 Å². The topological polar surface area (TPSA) is 33.1 Å². The van der Waals surface area contributed by atoms with Crippen molar-refractivity contribution in [3.63, 3.8) is 0 Å². The second-order valence-corrected chi connectivity index (χ2v) is 5.96. The molecule has 2 rings (SSSR count). The Balaban J connectivity index is 2.29. The zero-order valence-corrected chi connectivity index (χ0v) is 12.1. The predicted octanol–water partition coefficient (Wildman–Crippen LogP) is 4.19. The summed E-state index contributed by atoms with van der Waals surface area (Å²) in [4.78, 5) is 5.15.